The highest BCUT2D eigenvalue weighted by molar-refractivity contribution is 5.60. The van der Waals surface area contributed by atoms with E-state index in [-0.39, 0.29) is 0 Å². The van der Waals surface area contributed by atoms with Crippen LogP contribution in [0.2, 0.25) is 0 Å². The molecule has 0 radical (unpaired) electrons. The molecule has 1 aromatic heterocycles. The Morgan fingerprint density at radius 3 is 2.42 bits per heavy atom. The molecule has 1 aliphatic rings. The summed E-state index contributed by atoms with van der Waals surface area (Å²) in [7, 11) is 4.16. The van der Waals surface area contributed by atoms with Crippen LogP contribution in [-0.2, 0) is 6.42 Å². The molecular weight excluding hydrogens is 294 g/mol. The number of rotatable bonds is 3. The average molecular weight is 317 g/mol. The lowest BCUT2D eigenvalue weighted by molar-refractivity contribution is 0.473. The first kappa shape index (κ1) is 15.1. The van der Waals surface area contributed by atoms with E-state index in [0.29, 0.717) is 5.92 Å². The minimum absolute atomic E-state index is 0.450. The van der Waals surface area contributed by atoms with E-state index < -0.39 is 0 Å². The minimum Gasteiger partial charge on any atom is -0.461 e. The SMILES string of the molecule is CN(C)c1ccc([C@H]2CCCc3oc(-c4ccccc4)cc32)cc1. The third kappa shape index (κ3) is 2.73. The number of anilines is 1. The first-order valence-corrected chi connectivity index (χ1v) is 8.67. The van der Waals surface area contributed by atoms with Gasteiger partial charge in [0.1, 0.15) is 11.5 Å². The van der Waals surface area contributed by atoms with Crippen LogP contribution in [0.1, 0.15) is 35.6 Å². The average Bonchev–Trinajstić information content (AvgIpc) is 3.07. The minimum atomic E-state index is 0.450. The summed E-state index contributed by atoms with van der Waals surface area (Å²) >= 11 is 0. The zero-order valence-electron chi connectivity index (χ0n) is 14.3. The van der Waals surface area contributed by atoms with Crippen molar-refractivity contribution in [1.29, 1.82) is 0 Å². The van der Waals surface area contributed by atoms with Crippen LogP contribution < -0.4 is 4.90 Å². The summed E-state index contributed by atoms with van der Waals surface area (Å²) in [4.78, 5) is 2.14. The van der Waals surface area contributed by atoms with E-state index in [2.05, 4.69) is 73.6 Å². The summed E-state index contributed by atoms with van der Waals surface area (Å²) in [6.07, 6.45) is 3.44. The van der Waals surface area contributed by atoms with Gasteiger partial charge in [-0.05, 0) is 36.6 Å². The number of nitrogens with zero attached hydrogens (tertiary/aromatic N) is 1. The molecule has 1 aliphatic carbocycles. The Morgan fingerprint density at radius 2 is 1.71 bits per heavy atom. The van der Waals surface area contributed by atoms with Crippen molar-refractivity contribution < 1.29 is 4.42 Å². The molecule has 0 bridgehead atoms. The summed E-state index contributed by atoms with van der Waals surface area (Å²) in [5.74, 6) is 2.62. The summed E-state index contributed by atoms with van der Waals surface area (Å²) in [5.41, 5.74) is 5.17. The van der Waals surface area contributed by atoms with Crippen LogP contribution in [0.3, 0.4) is 0 Å². The maximum absolute atomic E-state index is 6.20. The van der Waals surface area contributed by atoms with Gasteiger partial charge >= 0.3 is 0 Å². The Labute approximate surface area is 143 Å². The van der Waals surface area contributed by atoms with E-state index in [1.165, 1.54) is 35.4 Å². The highest BCUT2D eigenvalue weighted by atomic mass is 16.3. The molecule has 1 heterocycles. The van der Waals surface area contributed by atoms with Gasteiger partial charge in [0.2, 0.25) is 0 Å². The molecule has 24 heavy (non-hydrogen) atoms. The van der Waals surface area contributed by atoms with Crippen molar-refractivity contribution in [3.63, 3.8) is 0 Å². The molecule has 0 spiro atoms. The number of fused-ring (bicyclic) bond motifs is 1. The molecule has 2 nitrogen and oxygen atoms in total. The molecule has 122 valence electrons. The van der Waals surface area contributed by atoms with Crippen molar-refractivity contribution in [1.82, 2.24) is 0 Å². The molecular formula is C22H23NO. The van der Waals surface area contributed by atoms with Crippen molar-refractivity contribution in [2.24, 2.45) is 0 Å². The maximum atomic E-state index is 6.20. The predicted molar refractivity (Wildman–Crippen MR) is 99.7 cm³/mol. The van der Waals surface area contributed by atoms with E-state index in [9.17, 15) is 0 Å². The predicted octanol–water partition coefficient (Wildman–Crippen LogP) is 5.48. The monoisotopic (exact) mass is 317 g/mol. The standard InChI is InChI=1S/C22H23NO/c1-23(2)18-13-11-16(12-14-18)19-9-6-10-21-20(19)15-22(24-21)17-7-4-3-5-8-17/h3-5,7-8,11-15,19H,6,9-10H2,1-2H3/t19-/m1/s1. The van der Waals surface area contributed by atoms with E-state index in [0.717, 1.165) is 17.7 Å². The second kappa shape index (κ2) is 6.20. The van der Waals surface area contributed by atoms with Crippen molar-refractivity contribution in [3.05, 3.63) is 77.6 Å². The van der Waals surface area contributed by atoms with Crippen LogP contribution in [0.4, 0.5) is 5.69 Å². The Kier molecular flexibility index (Phi) is 3.89. The molecule has 0 aliphatic heterocycles. The lowest BCUT2D eigenvalue weighted by atomic mass is 9.82. The highest BCUT2D eigenvalue weighted by Crippen LogP contribution is 2.40. The Hall–Kier alpha value is -2.48. The van der Waals surface area contributed by atoms with Gasteiger partial charge in [0.05, 0.1) is 0 Å². The zero-order valence-corrected chi connectivity index (χ0v) is 14.3. The molecule has 2 aromatic carbocycles. The van der Waals surface area contributed by atoms with Gasteiger partial charge in [0.25, 0.3) is 0 Å². The maximum Gasteiger partial charge on any atom is 0.134 e. The quantitative estimate of drug-likeness (QED) is 0.636. The Bertz CT molecular complexity index is 815. The summed E-state index contributed by atoms with van der Waals surface area (Å²) in [5, 5.41) is 0. The molecule has 4 rings (SSSR count). The van der Waals surface area contributed by atoms with Gasteiger partial charge in [-0.2, -0.15) is 0 Å². The Balaban J connectivity index is 1.70. The van der Waals surface area contributed by atoms with Gasteiger partial charge < -0.3 is 9.32 Å². The van der Waals surface area contributed by atoms with Crippen LogP contribution in [-0.4, -0.2) is 14.1 Å². The Morgan fingerprint density at radius 1 is 0.958 bits per heavy atom. The largest absolute Gasteiger partial charge is 0.461 e. The van der Waals surface area contributed by atoms with E-state index >= 15 is 0 Å². The normalized spacial score (nSPS) is 16.7. The number of benzene rings is 2. The zero-order chi connectivity index (χ0) is 16.5. The topological polar surface area (TPSA) is 16.4 Å². The van der Waals surface area contributed by atoms with Crippen LogP contribution in [0, 0.1) is 0 Å². The molecule has 0 N–H and O–H groups in total. The smallest absolute Gasteiger partial charge is 0.134 e. The number of aryl methyl sites for hydroxylation is 1. The summed E-state index contributed by atoms with van der Waals surface area (Å²) < 4.78 is 6.20. The molecule has 0 unspecified atom stereocenters. The van der Waals surface area contributed by atoms with Gasteiger partial charge in [-0.15, -0.1) is 0 Å². The fraction of sp³-hybridized carbons (Fsp3) is 0.273. The van der Waals surface area contributed by atoms with Crippen molar-refractivity contribution >= 4 is 5.69 Å². The lowest BCUT2D eigenvalue weighted by Gasteiger charge is -2.22. The highest BCUT2D eigenvalue weighted by Gasteiger charge is 2.26. The second-order valence-electron chi connectivity index (χ2n) is 6.79. The molecule has 0 saturated carbocycles. The summed E-state index contributed by atoms with van der Waals surface area (Å²) in [6, 6.07) is 21.6. The molecule has 2 heteroatoms. The summed E-state index contributed by atoms with van der Waals surface area (Å²) in [6.45, 7) is 0. The van der Waals surface area contributed by atoms with E-state index in [1.807, 2.05) is 6.07 Å². The van der Waals surface area contributed by atoms with Gasteiger partial charge in [-0.25, -0.2) is 0 Å². The van der Waals surface area contributed by atoms with Crippen molar-refractivity contribution in [2.45, 2.75) is 25.2 Å². The van der Waals surface area contributed by atoms with Gasteiger partial charge in [-0.3, -0.25) is 0 Å². The molecule has 0 saturated heterocycles. The third-order valence-electron chi connectivity index (χ3n) is 4.98. The van der Waals surface area contributed by atoms with E-state index in [4.69, 9.17) is 4.42 Å². The van der Waals surface area contributed by atoms with Crippen molar-refractivity contribution in [3.8, 4) is 11.3 Å². The van der Waals surface area contributed by atoms with Gasteiger partial charge in [-0.1, -0.05) is 42.5 Å². The molecule has 0 amide bonds. The first-order chi connectivity index (χ1) is 11.7. The van der Waals surface area contributed by atoms with Crippen LogP contribution in [0.15, 0.2) is 65.1 Å². The lowest BCUT2D eigenvalue weighted by Crippen LogP contribution is -2.10. The number of hydrogen-bond acceptors (Lipinski definition) is 2. The molecule has 1 atom stereocenters. The second-order valence-corrected chi connectivity index (χ2v) is 6.79. The third-order valence-corrected chi connectivity index (χ3v) is 4.98. The molecule has 3 aromatic rings. The number of hydrogen-bond donors (Lipinski definition) is 0. The van der Waals surface area contributed by atoms with Gasteiger partial charge in [0, 0.05) is 43.2 Å². The van der Waals surface area contributed by atoms with Crippen molar-refractivity contribution in [2.75, 3.05) is 19.0 Å². The fourth-order valence-electron chi connectivity index (χ4n) is 3.65. The van der Waals surface area contributed by atoms with Gasteiger partial charge in [0.15, 0.2) is 0 Å². The fourth-order valence-corrected chi connectivity index (χ4v) is 3.65. The number of furan rings is 1. The van der Waals surface area contributed by atoms with Crippen LogP contribution in [0.25, 0.3) is 11.3 Å². The van der Waals surface area contributed by atoms with E-state index in [1.54, 1.807) is 0 Å². The molecule has 0 fully saturated rings. The first-order valence-electron chi connectivity index (χ1n) is 8.67. The van der Waals surface area contributed by atoms with Crippen LogP contribution >= 0.6 is 0 Å². The van der Waals surface area contributed by atoms with Crippen LogP contribution in [0.5, 0.6) is 0 Å².